The fourth-order valence-electron chi connectivity index (χ4n) is 2.49. The van der Waals surface area contributed by atoms with E-state index in [9.17, 15) is 8.42 Å². The van der Waals surface area contributed by atoms with Crippen LogP contribution in [-0.4, -0.2) is 20.7 Å². The molecule has 120 valence electrons. The summed E-state index contributed by atoms with van der Waals surface area (Å²) in [6.45, 7) is 0.446. The molecule has 0 unspecified atom stereocenters. The zero-order valence-electron chi connectivity index (χ0n) is 12.7. The van der Waals surface area contributed by atoms with Crippen LogP contribution in [0, 0.1) is 0 Å². The third kappa shape index (κ3) is 4.25. The van der Waals surface area contributed by atoms with Crippen molar-refractivity contribution in [1.29, 1.82) is 0 Å². The second-order valence-corrected chi connectivity index (χ2v) is 8.33. The smallest absolute Gasteiger partial charge is 0.211 e. The third-order valence-corrected chi connectivity index (χ3v) is 6.37. The summed E-state index contributed by atoms with van der Waals surface area (Å²) in [6.07, 6.45) is 4.05. The van der Waals surface area contributed by atoms with Gasteiger partial charge in [0.05, 0.1) is 4.90 Å². The van der Waals surface area contributed by atoms with Gasteiger partial charge in [0, 0.05) is 12.3 Å². The fraction of sp³-hybridized carbons (Fsp3) is 0.222. The van der Waals surface area contributed by atoms with Crippen molar-refractivity contribution in [2.45, 2.75) is 17.7 Å². The Bertz CT molecular complexity index is 782. The SMILES string of the molecule is O=S(=O)(NCCC1=CCCS1)c1ccc(-c2ccccc2)cc1. The van der Waals surface area contributed by atoms with Gasteiger partial charge in [-0.05, 0) is 41.0 Å². The first-order chi connectivity index (χ1) is 11.1. The van der Waals surface area contributed by atoms with E-state index in [-0.39, 0.29) is 0 Å². The van der Waals surface area contributed by atoms with Gasteiger partial charge in [-0.15, -0.1) is 11.8 Å². The lowest BCUT2D eigenvalue weighted by atomic mass is 10.1. The molecule has 0 spiro atoms. The molecular weight excluding hydrogens is 326 g/mol. The predicted octanol–water partition coefficient (Wildman–Crippen LogP) is 4.04. The Kier molecular flexibility index (Phi) is 5.20. The maximum atomic E-state index is 12.3. The average Bonchev–Trinajstić information content (AvgIpc) is 3.09. The second-order valence-electron chi connectivity index (χ2n) is 5.35. The van der Waals surface area contributed by atoms with Crippen molar-refractivity contribution in [3.8, 4) is 11.1 Å². The van der Waals surface area contributed by atoms with Gasteiger partial charge >= 0.3 is 0 Å². The summed E-state index contributed by atoms with van der Waals surface area (Å²) in [5.41, 5.74) is 2.09. The van der Waals surface area contributed by atoms with Crippen LogP contribution in [0.25, 0.3) is 11.1 Å². The Balaban J connectivity index is 1.65. The Hall–Kier alpha value is -1.56. The van der Waals surface area contributed by atoms with Gasteiger partial charge in [-0.25, -0.2) is 13.1 Å². The standard InChI is InChI=1S/C18H19NO2S2/c20-23(21,19-13-12-17-7-4-14-22-17)18-10-8-16(9-11-18)15-5-2-1-3-6-15/h1-3,5-11,19H,4,12-14H2. The van der Waals surface area contributed by atoms with E-state index in [0.29, 0.717) is 11.4 Å². The molecule has 0 aliphatic carbocycles. The van der Waals surface area contributed by atoms with E-state index < -0.39 is 10.0 Å². The first-order valence-electron chi connectivity index (χ1n) is 7.62. The first kappa shape index (κ1) is 16.3. The van der Waals surface area contributed by atoms with Crippen LogP contribution in [-0.2, 0) is 10.0 Å². The second kappa shape index (κ2) is 7.34. The molecular formula is C18H19NO2S2. The van der Waals surface area contributed by atoms with Gasteiger partial charge in [0.15, 0.2) is 0 Å². The highest BCUT2D eigenvalue weighted by molar-refractivity contribution is 8.03. The molecule has 0 saturated carbocycles. The molecule has 5 heteroatoms. The van der Waals surface area contributed by atoms with Crippen molar-refractivity contribution in [3.63, 3.8) is 0 Å². The number of allylic oxidation sites excluding steroid dienone is 1. The zero-order valence-corrected chi connectivity index (χ0v) is 14.4. The highest BCUT2D eigenvalue weighted by Crippen LogP contribution is 2.27. The van der Waals surface area contributed by atoms with Crippen LogP contribution in [0.2, 0.25) is 0 Å². The maximum absolute atomic E-state index is 12.3. The molecule has 0 atom stereocenters. The zero-order chi connectivity index (χ0) is 16.1. The number of nitrogens with one attached hydrogen (secondary N) is 1. The third-order valence-electron chi connectivity index (χ3n) is 3.71. The Morgan fingerprint density at radius 2 is 1.65 bits per heavy atom. The molecule has 0 saturated heterocycles. The van der Waals surface area contributed by atoms with Gasteiger partial charge in [-0.1, -0.05) is 48.5 Å². The van der Waals surface area contributed by atoms with Crippen LogP contribution in [0.15, 0.2) is 70.5 Å². The number of sulfonamides is 1. The molecule has 0 bridgehead atoms. The number of benzene rings is 2. The summed E-state index contributed by atoms with van der Waals surface area (Å²) in [6, 6.07) is 16.9. The van der Waals surface area contributed by atoms with Gasteiger partial charge in [-0.3, -0.25) is 0 Å². The predicted molar refractivity (Wildman–Crippen MR) is 96.8 cm³/mol. The van der Waals surface area contributed by atoms with Gasteiger partial charge < -0.3 is 0 Å². The average molecular weight is 345 g/mol. The van der Waals surface area contributed by atoms with Gasteiger partial charge in [0.1, 0.15) is 0 Å². The van der Waals surface area contributed by atoms with E-state index in [1.807, 2.05) is 54.2 Å². The fourth-order valence-corrected chi connectivity index (χ4v) is 4.50. The number of rotatable bonds is 6. The topological polar surface area (TPSA) is 46.2 Å². The minimum Gasteiger partial charge on any atom is -0.211 e. The minimum atomic E-state index is -3.44. The lowest BCUT2D eigenvalue weighted by Gasteiger charge is -2.08. The van der Waals surface area contributed by atoms with E-state index in [4.69, 9.17) is 0 Å². The lowest BCUT2D eigenvalue weighted by Crippen LogP contribution is -2.24. The number of hydrogen-bond acceptors (Lipinski definition) is 3. The van der Waals surface area contributed by atoms with Crippen LogP contribution >= 0.6 is 11.8 Å². The molecule has 2 aromatic carbocycles. The van der Waals surface area contributed by atoms with E-state index in [1.54, 1.807) is 12.1 Å². The molecule has 1 aliphatic heterocycles. The molecule has 2 aromatic rings. The molecule has 0 fully saturated rings. The van der Waals surface area contributed by atoms with Gasteiger partial charge in [-0.2, -0.15) is 0 Å². The summed E-state index contributed by atoms with van der Waals surface area (Å²) in [5, 5.41) is 0. The van der Waals surface area contributed by atoms with Gasteiger partial charge in [0.25, 0.3) is 0 Å². The van der Waals surface area contributed by atoms with Crippen LogP contribution in [0.5, 0.6) is 0 Å². The highest BCUT2D eigenvalue weighted by Gasteiger charge is 2.14. The number of thioether (sulfide) groups is 1. The van der Waals surface area contributed by atoms with Gasteiger partial charge in [0.2, 0.25) is 10.0 Å². The quantitative estimate of drug-likeness (QED) is 0.859. The molecule has 3 nitrogen and oxygen atoms in total. The van der Waals surface area contributed by atoms with E-state index >= 15 is 0 Å². The molecule has 1 N–H and O–H groups in total. The van der Waals surface area contributed by atoms with Crippen LogP contribution < -0.4 is 4.72 Å². The summed E-state index contributed by atoms with van der Waals surface area (Å²) < 4.78 is 27.3. The van der Waals surface area contributed by atoms with E-state index in [1.165, 1.54) is 4.91 Å². The van der Waals surface area contributed by atoms with Crippen molar-refractivity contribution in [3.05, 3.63) is 65.6 Å². The highest BCUT2D eigenvalue weighted by atomic mass is 32.2. The Labute approximate surface area is 141 Å². The molecule has 1 heterocycles. The Morgan fingerprint density at radius 1 is 0.957 bits per heavy atom. The first-order valence-corrected chi connectivity index (χ1v) is 10.1. The summed E-state index contributed by atoms with van der Waals surface area (Å²) in [4.78, 5) is 1.59. The molecule has 23 heavy (non-hydrogen) atoms. The van der Waals surface area contributed by atoms with Crippen LogP contribution in [0.1, 0.15) is 12.8 Å². The van der Waals surface area contributed by atoms with Crippen molar-refractivity contribution >= 4 is 21.8 Å². The summed E-state index contributed by atoms with van der Waals surface area (Å²) in [5.74, 6) is 1.11. The molecule has 1 aliphatic rings. The molecule has 0 aromatic heterocycles. The molecule has 0 radical (unpaired) electrons. The Morgan fingerprint density at radius 3 is 2.30 bits per heavy atom. The maximum Gasteiger partial charge on any atom is 0.240 e. The van der Waals surface area contributed by atoms with E-state index in [2.05, 4.69) is 10.8 Å². The largest absolute Gasteiger partial charge is 0.240 e. The number of hydrogen-bond donors (Lipinski definition) is 1. The van der Waals surface area contributed by atoms with Crippen molar-refractivity contribution < 1.29 is 8.42 Å². The van der Waals surface area contributed by atoms with Crippen molar-refractivity contribution in [2.75, 3.05) is 12.3 Å². The minimum absolute atomic E-state index is 0.310. The molecule has 3 rings (SSSR count). The summed E-state index contributed by atoms with van der Waals surface area (Å²) in [7, 11) is -3.44. The van der Waals surface area contributed by atoms with Crippen molar-refractivity contribution in [1.82, 2.24) is 4.72 Å². The van der Waals surface area contributed by atoms with Crippen molar-refractivity contribution in [2.24, 2.45) is 0 Å². The van der Waals surface area contributed by atoms with Crippen LogP contribution in [0.3, 0.4) is 0 Å². The monoisotopic (exact) mass is 345 g/mol. The van der Waals surface area contributed by atoms with E-state index in [0.717, 1.165) is 29.7 Å². The molecule has 0 amide bonds. The normalized spacial score (nSPS) is 14.7. The van der Waals surface area contributed by atoms with Crippen LogP contribution in [0.4, 0.5) is 0 Å². The summed E-state index contributed by atoms with van der Waals surface area (Å²) >= 11 is 1.81. The lowest BCUT2D eigenvalue weighted by molar-refractivity contribution is 0.582.